The number of carbonyl (C=O) groups excluding carboxylic acids is 2. The zero-order chi connectivity index (χ0) is 14.3. The van der Waals surface area contributed by atoms with Gasteiger partial charge in [0, 0.05) is 6.54 Å². The van der Waals surface area contributed by atoms with Crippen molar-refractivity contribution in [2.24, 2.45) is 0 Å². The molecule has 3 amide bonds. The summed E-state index contributed by atoms with van der Waals surface area (Å²) < 4.78 is 0. The van der Waals surface area contributed by atoms with Crippen molar-refractivity contribution in [2.75, 3.05) is 13.1 Å². The molecule has 5 nitrogen and oxygen atoms in total. The standard InChI is InChI=1S/C13H13Cl2N3O2/c14-9-3-1-2-8(10(9)15)6-18-11(19)13(17-12(18)20)4-5-16-7-13/h1-3,16H,4-7H2,(H,17,20). The van der Waals surface area contributed by atoms with Crippen molar-refractivity contribution in [1.29, 1.82) is 0 Å². The van der Waals surface area contributed by atoms with Gasteiger partial charge in [-0.15, -0.1) is 0 Å². The van der Waals surface area contributed by atoms with Crippen LogP contribution in [0.25, 0.3) is 0 Å². The number of halogens is 2. The molecule has 2 heterocycles. The third-order valence-electron chi connectivity index (χ3n) is 3.76. The Morgan fingerprint density at radius 1 is 1.30 bits per heavy atom. The lowest BCUT2D eigenvalue weighted by atomic mass is 9.99. The number of nitrogens with one attached hydrogen (secondary N) is 2. The summed E-state index contributed by atoms with van der Waals surface area (Å²) >= 11 is 12.1. The minimum absolute atomic E-state index is 0.131. The van der Waals surface area contributed by atoms with Gasteiger partial charge in [0.1, 0.15) is 5.54 Å². The maximum Gasteiger partial charge on any atom is 0.325 e. The Morgan fingerprint density at radius 2 is 2.10 bits per heavy atom. The summed E-state index contributed by atoms with van der Waals surface area (Å²) in [7, 11) is 0. The van der Waals surface area contributed by atoms with E-state index in [2.05, 4.69) is 10.6 Å². The Balaban J connectivity index is 1.86. The normalized spacial score (nSPS) is 25.6. The minimum atomic E-state index is -0.790. The number of imide groups is 1. The van der Waals surface area contributed by atoms with E-state index in [1.807, 2.05) is 0 Å². The van der Waals surface area contributed by atoms with Crippen LogP contribution in [-0.2, 0) is 11.3 Å². The summed E-state index contributed by atoms with van der Waals surface area (Å²) in [5, 5.41) is 6.67. The number of hydrogen-bond acceptors (Lipinski definition) is 3. The van der Waals surface area contributed by atoms with E-state index in [4.69, 9.17) is 23.2 Å². The van der Waals surface area contributed by atoms with Crippen LogP contribution in [0.15, 0.2) is 18.2 Å². The van der Waals surface area contributed by atoms with Gasteiger partial charge in [-0.3, -0.25) is 9.69 Å². The van der Waals surface area contributed by atoms with Crippen LogP contribution in [0.5, 0.6) is 0 Å². The quantitative estimate of drug-likeness (QED) is 0.818. The van der Waals surface area contributed by atoms with Gasteiger partial charge >= 0.3 is 6.03 Å². The molecule has 2 saturated heterocycles. The predicted molar refractivity (Wildman–Crippen MR) is 75.8 cm³/mol. The van der Waals surface area contributed by atoms with Gasteiger partial charge in [0.05, 0.1) is 16.6 Å². The second-order valence-corrected chi connectivity index (χ2v) is 5.83. The van der Waals surface area contributed by atoms with Crippen molar-refractivity contribution in [3.05, 3.63) is 33.8 Å². The number of hydrogen-bond donors (Lipinski definition) is 2. The van der Waals surface area contributed by atoms with E-state index in [1.54, 1.807) is 18.2 Å². The smallest absolute Gasteiger partial charge is 0.322 e. The van der Waals surface area contributed by atoms with Gasteiger partial charge in [-0.2, -0.15) is 0 Å². The first kappa shape index (κ1) is 13.7. The molecule has 0 radical (unpaired) electrons. The molecule has 2 aliphatic heterocycles. The average Bonchev–Trinajstić information content (AvgIpc) is 2.96. The molecule has 0 saturated carbocycles. The van der Waals surface area contributed by atoms with Crippen LogP contribution in [0.2, 0.25) is 10.0 Å². The highest BCUT2D eigenvalue weighted by Crippen LogP contribution is 2.30. The number of amides is 3. The molecule has 2 aliphatic rings. The summed E-state index contributed by atoms with van der Waals surface area (Å²) in [6, 6.07) is 4.79. The van der Waals surface area contributed by atoms with Crippen molar-refractivity contribution in [1.82, 2.24) is 15.5 Å². The lowest BCUT2D eigenvalue weighted by Gasteiger charge is -2.19. The van der Waals surface area contributed by atoms with E-state index in [9.17, 15) is 9.59 Å². The fraction of sp³-hybridized carbons (Fsp3) is 0.385. The van der Waals surface area contributed by atoms with Gasteiger partial charge in [0.25, 0.3) is 5.91 Å². The molecule has 7 heteroatoms. The van der Waals surface area contributed by atoms with Crippen LogP contribution in [0.3, 0.4) is 0 Å². The fourth-order valence-corrected chi connectivity index (χ4v) is 3.02. The second-order valence-electron chi connectivity index (χ2n) is 5.04. The molecular formula is C13H13Cl2N3O2. The Labute approximate surface area is 126 Å². The van der Waals surface area contributed by atoms with E-state index in [0.717, 1.165) is 6.54 Å². The molecule has 20 heavy (non-hydrogen) atoms. The number of urea groups is 1. The van der Waals surface area contributed by atoms with Gasteiger partial charge in [-0.1, -0.05) is 35.3 Å². The minimum Gasteiger partial charge on any atom is -0.322 e. The Hall–Kier alpha value is -1.30. The zero-order valence-corrected chi connectivity index (χ0v) is 12.1. The Kier molecular flexibility index (Phi) is 3.36. The van der Waals surface area contributed by atoms with Crippen LogP contribution < -0.4 is 10.6 Å². The monoisotopic (exact) mass is 313 g/mol. The van der Waals surface area contributed by atoms with E-state index in [-0.39, 0.29) is 18.5 Å². The molecule has 106 valence electrons. The number of nitrogens with zero attached hydrogens (tertiary/aromatic N) is 1. The van der Waals surface area contributed by atoms with E-state index in [1.165, 1.54) is 4.90 Å². The van der Waals surface area contributed by atoms with E-state index >= 15 is 0 Å². The highest BCUT2D eigenvalue weighted by atomic mass is 35.5. The summed E-state index contributed by atoms with van der Waals surface area (Å²) in [6.45, 7) is 1.32. The molecule has 0 aliphatic carbocycles. The highest BCUT2D eigenvalue weighted by Gasteiger charge is 2.52. The van der Waals surface area contributed by atoms with E-state index in [0.29, 0.717) is 28.6 Å². The first-order chi connectivity index (χ1) is 9.53. The Bertz CT molecular complexity index is 585. The number of benzene rings is 1. The average molecular weight is 314 g/mol. The van der Waals surface area contributed by atoms with Crippen LogP contribution in [0, 0.1) is 0 Å². The molecule has 3 rings (SSSR count). The van der Waals surface area contributed by atoms with Crippen molar-refractivity contribution in [3.63, 3.8) is 0 Å². The van der Waals surface area contributed by atoms with Crippen LogP contribution in [0.4, 0.5) is 4.79 Å². The van der Waals surface area contributed by atoms with Crippen LogP contribution in [0.1, 0.15) is 12.0 Å². The summed E-state index contributed by atoms with van der Waals surface area (Å²) in [5.74, 6) is -0.205. The fourth-order valence-electron chi connectivity index (χ4n) is 2.64. The number of rotatable bonds is 2. The van der Waals surface area contributed by atoms with E-state index < -0.39 is 5.54 Å². The van der Waals surface area contributed by atoms with Crippen LogP contribution in [-0.4, -0.2) is 35.5 Å². The molecule has 1 unspecified atom stereocenters. The molecular weight excluding hydrogens is 301 g/mol. The molecule has 1 aromatic carbocycles. The van der Waals surface area contributed by atoms with Gasteiger partial charge in [-0.25, -0.2) is 4.79 Å². The summed E-state index contributed by atoms with van der Waals surface area (Å²) in [5.41, 5.74) is -0.132. The first-order valence-corrected chi connectivity index (χ1v) is 7.07. The third-order valence-corrected chi connectivity index (χ3v) is 4.62. The van der Waals surface area contributed by atoms with Gasteiger partial charge in [0.2, 0.25) is 0 Å². The maximum absolute atomic E-state index is 12.5. The zero-order valence-electron chi connectivity index (χ0n) is 10.6. The molecule has 0 aromatic heterocycles. The molecule has 1 aromatic rings. The first-order valence-electron chi connectivity index (χ1n) is 6.31. The summed E-state index contributed by atoms with van der Waals surface area (Å²) in [6.07, 6.45) is 0.608. The van der Waals surface area contributed by atoms with Crippen molar-refractivity contribution in [2.45, 2.75) is 18.5 Å². The lowest BCUT2D eigenvalue weighted by molar-refractivity contribution is -0.131. The Morgan fingerprint density at radius 3 is 2.80 bits per heavy atom. The summed E-state index contributed by atoms with van der Waals surface area (Å²) in [4.78, 5) is 25.7. The second kappa shape index (κ2) is 4.91. The molecule has 2 fully saturated rings. The van der Waals surface area contributed by atoms with Crippen molar-refractivity contribution < 1.29 is 9.59 Å². The largest absolute Gasteiger partial charge is 0.325 e. The topological polar surface area (TPSA) is 61.4 Å². The van der Waals surface area contributed by atoms with Crippen molar-refractivity contribution in [3.8, 4) is 0 Å². The third kappa shape index (κ3) is 2.06. The predicted octanol–water partition coefficient (Wildman–Crippen LogP) is 1.78. The number of carbonyl (C=O) groups is 2. The lowest BCUT2D eigenvalue weighted by Crippen LogP contribution is -2.48. The van der Waals surface area contributed by atoms with Gasteiger partial charge < -0.3 is 10.6 Å². The SMILES string of the molecule is O=C1NC2(CCNC2)C(=O)N1Cc1cccc(Cl)c1Cl. The maximum atomic E-state index is 12.5. The molecule has 0 bridgehead atoms. The van der Waals surface area contributed by atoms with Crippen LogP contribution >= 0.6 is 23.2 Å². The van der Waals surface area contributed by atoms with Gasteiger partial charge in [0.15, 0.2) is 0 Å². The highest BCUT2D eigenvalue weighted by molar-refractivity contribution is 6.42. The molecule has 1 spiro atoms. The molecule has 1 atom stereocenters. The van der Waals surface area contributed by atoms with Gasteiger partial charge in [-0.05, 0) is 24.6 Å². The van der Waals surface area contributed by atoms with Crippen molar-refractivity contribution >= 4 is 35.1 Å². The molecule has 2 N–H and O–H groups in total.